The maximum Gasteiger partial charge on any atom is 0.307 e. The van der Waals surface area contributed by atoms with E-state index in [2.05, 4.69) is 16.6 Å². The first-order valence-electron chi connectivity index (χ1n) is 20.0. The zero-order valence-electron chi connectivity index (χ0n) is 33.6. The van der Waals surface area contributed by atoms with E-state index < -0.39 is 80.4 Å². The Morgan fingerprint density at radius 2 is 1.79 bits per heavy atom. The zero-order valence-corrected chi connectivity index (χ0v) is 34.4. The van der Waals surface area contributed by atoms with Crippen molar-refractivity contribution in [3.8, 4) is 11.6 Å². The van der Waals surface area contributed by atoms with Gasteiger partial charge in [-0.25, -0.2) is 22.2 Å². The third-order valence-electron chi connectivity index (χ3n) is 12.0. The van der Waals surface area contributed by atoms with E-state index in [1.54, 1.807) is 52.0 Å². The summed E-state index contributed by atoms with van der Waals surface area (Å²) in [6, 6.07) is 5.79. The first-order chi connectivity index (χ1) is 26.7. The molecule has 7 atom stereocenters. The van der Waals surface area contributed by atoms with Crippen molar-refractivity contribution in [2.45, 2.75) is 128 Å². The quantitative estimate of drug-likeness (QED) is 0.206. The molecule has 2 aliphatic heterocycles. The normalized spacial score (nSPS) is 29.7. The van der Waals surface area contributed by atoms with Crippen LogP contribution >= 0.6 is 0 Å². The van der Waals surface area contributed by atoms with Crippen LogP contribution in [0.2, 0.25) is 0 Å². The number of carbonyl (C=O) groups excluding carboxylic acids is 4. The standard InChI is InChI=1S/C42H55F2N3O9S/c1-25-11-7-8-12-27-20-42(27,39(51)46-57(52,53)41(6)15-16-41)21-33(48)32-18-28(23-47(32)38(50)31(26(2)17-25)19-36(49)56-40(3,4)5)55-37-30-14-10-9-13-29(30)34(22-45-37)54-24-35(43)44/h8-10,12-14,22,25-28,31-32,35H,7,11,15-21,23-24H2,1-6H3,(H,46,51)/b12-8-/t25-,26+,27+,28+,31-,32-,42+/m0/s1. The lowest BCUT2D eigenvalue weighted by Crippen LogP contribution is -2.48. The van der Waals surface area contributed by atoms with Crippen LogP contribution in [0.15, 0.2) is 42.6 Å². The van der Waals surface area contributed by atoms with Gasteiger partial charge in [-0.15, -0.1) is 0 Å². The topological polar surface area (TPSA) is 158 Å². The van der Waals surface area contributed by atoms with E-state index in [9.17, 15) is 36.4 Å². The lowest BCUT2D eigenvalue weighted by molar-refractivity contribution is -0.160. The third-order valence-corrected chi connectivity index (χ3v) is 14.1. The van der Waals surface area contributed by atoms with E-state index in [-0.39, 0.29) is 61.6 Å². The third kappa shape index (κ3) is 9.60. The van der Waals surface area contributed by atoms with Crippen molar-refractivity contribution >= 4 is 44.4 Å². The van der Waals surface area contributed by atoms with Crippen LogP contribution in [0.4, 0.5) is 8.78 Å². The fourth-order valence-corrected chi connectivity index (χ4v) is 9.64. The summed E-state index contributed by atoms with van der Waals surface area (Å²) < 4.78 is 71.2. The summed E-state index contributed by atoms with van der Waals surface area (Å²) in [6.45, 7) is 10.00. The van der Waals surface area contributed by atoms with E-state index in [0.717, 1.165) is 6.42 Å². The number of ether oxygens (including phenoxy) is 3. The number of esters is 1. The first kappa shape index (κ1) is 42.5. The number of amides is 2. The molecule has 6 rings (SSSR count). The van der Waals surface area contributed by atoms with Gasteiger partial charge in [0.2, 0.25) is 27.7 Å². The number of fused-ring (bicyclic) bond motifs is 3. The number of hydrogen-bond acceptors (Lipinski definition) is 10. The number of aromatic nitrogens is 1. The number of sulfonamides is 1. The molecule has 0 unspecified atom stereocenters. The Balaban J connectivity index is 1.34. The predicted octanol–water partition coefficient (Wildman–Crippen LogP) is 6.55. The Kier molecular flexibility index (Phi) is 12.1. The van der Waals surface area contributed by atoms with E-state index in [0.29, 0.717) is 36.5 Å². The van der Waals surface area contributed by atoms with Crippen molar-refractivity contribution in [2.75, 3.05) is 13.2 Å². The molecule has 0 spiro atoms. The highest BCUT2D eigenvalue weighted by molar-refractivity contribution is 7.91. The molecule has 3 fully saturated rings. The number of halogens is 2. The van der Waals surface area contributed by atoms with Crippen LogP contribution in [-0.2, 0) is 33.9 Å². The van der Waals surface area contributed by atoms with Gasteiger partial charge in [0.05, 0.1) is 41.3 Å². The highest BCUT2D eigenvalue weighted by Gasteiger charge is 2.62. The summed E-state index contributed by atoms with van der Waals surface area (Å²) in [4.78, 5) is 62.7. The van der Waals surface area contributed by atoms with Crippen LogP contribution in [0.25, 0.3) is 10.8 Å². The minimum Gasteiger partial charge on any atom is -0.485 e. The second kappa shape index (κ2) is 16.2. The molecule has 312 valence electrons. The van der Waals surface area contributed by atoms with Crippen molar-refractivity contribution in [3.05, 3.63) is 42.6 Å². The van der Waals surface area contributed by atoms with Gasteiger partial charge < -0.3 is 19.1 Å². The fraction of sp³-hybridized carbons (Fsp3) is 0.643. The lowest BCUT2D eigenvalue weighted by atomic mass is 9.82. The number of rotatable bonds is 10. The molecule has 15 heteroatoms. The predicted molar refractivity (Wildman–Crippen MR) is 208 cm³/mol. The molecule has 57 heavy (non-hydrogen) atoms. The summed E-state index contributed by atoms with van der Waals surface area (Å²) in [5.41, 5.74) is -2.11. The lowest BCUT2D eigenvalue weighted by Gasteiger charge is -2.32. The van der Waals surface area contributed by atoms with Gasteiger partial charge in [-0.2, -0.15) is 0 Å². The maximum absolute atomic E-state index is 14.9. The SMILES string of the molecule is C[C@H]1CC/C=C\[C@@H]2C[C@@]2(C(=O)NS(=O)(=O)C2(C)CC2)CC(=O)[C@@H]2C[C@@H](Oc3ncc(OCC(F)F)c4ccccc34)CN2C(=O)[C@@H](CC(=O)OC(C)(C)C)[C@H](C)C1. The number of hydrogen-bond donors (Lipinski definition) is 1. The largest absolute Gasteiger partial charge is 0.485 e. The molecule has 2 aliphatic carbocycles. The number of allylic oxidation sites excluding steroid dienone is 2. The second-order valence-electron chi connectivity index (χ2n) is 17.9. The van der Waals surface area contributed by atoms with Crippen LogP contribution in [0.3, 0.4) is 0 Å². The summed E-state index contributed by atoms with van der Waals surface area (Å²) in [5.74, 6) is -3.11. The number of alkyl halides is 2. The van der Waals surface area contributed by atoms with Crippen molar-refractivity contribution in [3.63, 3.8) is 0 Å². The van der Waals surface area contributed by atoms with E-state index in [1.807, 2.05) is 19.1 Å². The molecule has 1 aromatic heterocycles. The number of pyridine rings is 1. The summed E-state index contributed by atoms with van der Waals surface area (Å²) >= 11 is 0. The summed E-state index contributed by atoms with van der Waals surface area (Å²) in [6.07, 6.45) is 4.49. The maximum atomic E-state index is 14.9. The van der Waals surface area contributed by atoms with Gasteiger partial charge in [-0.3, -0.25) is 23.9 Å². The number of benzene rings is 1. The Bertz CT molecular complexity index is 2010. The number of nitrogens with one attached hydrogen (secondary N) is 1. The molecular weight excluding hydrogens is 761 g/mol. The molecular formula is C42H55F2N3O9S. The van der Waals surface area contributed by atoms with Gasteiger partial charge in [0.1, 0.15) is 24.1 Å². The summed E-state index contributed by atoms with van der Waals surface area (Å²) in [5, 5.41) is 0.963. The number of ketones is 1. The van der Waals surface area contributed by atoms with Gasteiger partial charge in [-0.1, -0.05) is 44.2 Å². The van der Waals surface area contributed by atoms with Crippen molar-refractivity contribution < 1.29 is 50.6 Å². The Morgan fingerprint density at radius 1 is 1.09 bits per heavy atom. The van der Waals surface area contributed by atoms with Crippen LogP contribution in [0.1, 0.15) is 99.3 Å². The van der Waals surface area contributed by atoms with E-state index >= 15 is 0 Å². The monoisotopic (exact) mass is 815 g/mol. The summed E-state index contributed by atoms with van der Waals surface area (Å²) in [7, 11) is -3.99. The molecule has 12 nitrogen and oxygen atoms in total. The van der Waals surface area contributed by atoms with Crippen LogP contribution in [-0.4, -0.2) is 83.9 Å². The van der Waals surface area contributed by atoms with Gasteiger partial charge in [0, 0.05) is 23.6 Å². The molecule has 3 heterocycles. The minimum absolute atomic E-state index is 0.0305. The average molecular weight is 816 g/mol. The molecule has 1 aromatic carbocycles. The second-order valence-corrected chi connectivity index (χ2v) is 20.1. The minimum atomic E-state index is -3.99. The number of Topliss-reactive ketones (excluding diaryl/α,β-unsaturated/α-hetero) is 1. The van der Waals surface area contributed by atoms with E-state index in [1.165, 1.54) is 11.1 Å². The molecule has 4 aliphatic rings. The zero-order chi connectivity index (χ0) is 41.5. The van der Waals surface area contributed by atoms with Gasteiger partial charge >= 0.3 is 5.97 Å². The highest BCUT2D eigenvalue weighted by Crippen LogP contribution is 2.58. The number of nitrogens with zero attached hydrogens (tertiary/aromatic N) is 2. The van der Waals surface area contributed by atoms with Crippen LogP contribution in [0, 0.1) is 29.1 Å². The van der Waals surface area contributed by atoms with Crippen LogP contribution in [0.5, 0.6) is 11.6 Å². The van der Waals surface area contributed by atoms with Crippen molar-refractivity contribution in [1.82, 2.24) is 14.6 Å². The van der Waals surface area contributed by atoms with Gasteiger partial charge in [-0.05, 0) is 90.0 Å². The fourth-order valence-electron chi connectivity index (χ4n) is 8.31. The van der Waals surface area contributed by atoms with Crippen molar-refractivity contribution in [2.24, 2.45) is 29.1 Å². The molecule has 0 radical (unpaired) electrons. The Hall–Kier alpha value is -4.14. The molecule has 2 aromatic rings. The number of carbonyl (C=O) groups is 4. The average Bonchev–Trinajstić information content (AvgIpc) is 4.00. The molecule has 1 N–H and O–H groups in total. The first-order valence-corrected chi connectivity index (χ1v) is 21.4. The van der Waals surface area contributed by atoms with Gasteiger partial charge in [0.15, 0.2) is 5.78 Å². The smallest absolute Gasteiger partial charge is 0.307 e. The Morgan fingerprint density at radius 3 is 2.46 bits per heavy atom. The van der Waals surface area contributed by atoms with E-state index in [4.69, 9.17) is 14.2 Å². The molecule has 2 amide bonds. The Labute approximate surface area is 333 Å². The highest BCUT2D eigenvalue weighted by atomic mass is 32.2. The van der Waals surface area contributed by atoms with Gasteiger partial charge in [0.25, 0.3) is 6.43 Å². The molecule has 2 saturated carbocycles. The molecule has 1 saturated heterocycles. The molecule has 0 bridgehead atoms. The van der Waals surface area contributed by atoms with Crippen molar-refractivity contribution in [1.29, 1.82) is 0 Å². The van der Waals surface area contributed by atoms with Crippen LogP contribution < -0.4 is 14.2 Å².